The Morgan fingerprint density at radius 2 is 0.667 bits per heavy atom. The minimum absolute atomic E-state index is 0.570. The molecule has 0 nitrogen and oxygen atoms in total. The van der Waals surface area contributed by atoms with Gasteiger partial charge >= 0.3 is 0 Å². The van der Waals surface area contributed by atoms with Crippen molar-refractivity contribution in [1.82, 2.24) is 0 Å². The van der Waals surface area contributed by atoms with Gasteiger partial charge in [0.15, 0.2) is 0 Å². The second kappa shape index (κ2) is 28.1. The molecule has 0 aliphatic carbocycles. The normalized spacial score (nSPS) is 14.5. The molecule has 0 amide bonds. The molecule has 0 aromatic carbocycles. The van der Waals surface area contributed by atoms with Crippen LogP contribution in [0.25, 0.3) is 0 Å². The number of rotatable bonds is 31. The zero-order chi connectivity index (χ0) is 29.0. The van der Waals surface area contributed by atoms with Gasteiger partial charge in [0, 0.05) is 0 Å². The molecule has 3 unspecified atom stereocenters. The van der Waals surface area contributed by atoms with E-state index in [0.29, 0.717) is 5.41 Å². The molecule has 0 radical (unpaired) electrons. The molecule has 0 bridgehead atoms. The first kappa shape index (κ1) is 39.0. The van der Waals surface area contributed by atoms with Crippen molar-refractivity contribution < 1.29 is 0 Å². The van der Waals surface area contributed by atoms with Crippen LogP contribution in [0.5, 0.6) is 0 Å². The fraction of sp³-hybridized carbons (Fsp3) is 1.00. The van der Waals surface area contributed by atoms with E-state index in [9.17, 15) is 0 Å². The molecule has 0 aliphatic heterocycles. The van der Waals surface area contributed by atoms with E-state index in [4.69, 9.17) is 0 Å². The Balaban J connectivity index is 3.35. The Hall–Kier alpha value is 0. The van der Waals surface area contributed by atoms with Crippen LogP contribution in [0.4, 0.5) is 0 Å². The maximum atomic E-state index is 2.53. The van der Waals surface area contributed by atoms with Crippen molar-refractivity contribution in [2.24, 2.45) is 23.2 Å². The molecule has 3 atom stereocenters. The lowest BCUT2D eigenvalue weighted by molar-refractivity contribution is 0.282. The molecule has 39 heavy (non-hydrogen) atoms. The number of unbranched alkanes of at least 4 members (excludes halogenated alkanes) is 20. The first-order valence-electron chi connectivity index (χ1n) is 18.8. The van der Waals surface area contributed by atoms with E-state index in [0.717, 1.165) is 17.8 Å². The number of hydrogen-bond donors (Lipinski definition) is 0. The van der Waals surface area contributed by atoms with Gasteiger partial charge in [0.2, 0.25) is 0 Å². The van der Waals surface area contributed by atoms with Crippen molar-refractivity contribution in [3.8, 4) is 0 Å². The smallest absolute Gasteiger partial charge is 0.0354 e. The standard InChI is InChI=1S/C39H80/c1-8-36(3)32-28-24-20-16-12-10-11-14-18-22-26-30-34-39(6,7)35-31-27-23-19-15-13-17-21-25-29-33-38(5)37(4)9-2/h36-38H,8-35H2,1-7H3. The summed E-state index contributed by atoms with van der Waals surface area (Å²) in [7, 11) is 0. The molecular formula is C39H80. The maximum absolute atomic E-state index is 2.53. The lowest BCUT2D eigenvalue weighted by Crippen LogP contribution is -2.11. The van der Waals surface area contributed by atoms with Crippen molar-refractivity contribution >= 4 is 0 Å². The largest absolute Gasteiger partial charge is 0.0651 e. The van der Waals surface area contributed by atoms with E-state index in [-0.39, 0.29) is 0 Å². The first-order chi connectivity index (χ1) is 18.8. The monoisotopic (exact) mass is 549 g/mol. The van der Waals surface area contributed by atoms with Crippen LogP contribution in [0, 0.1) is 23.2 Å². The van der Waals surface area contributed by atoms with Crippen LogP contribution in [0.15, 0.2) is 0 Å². The summed E-state index contributed by atoms with van der Waals surface area (Å²) in [6.07, 6.45) is 40.9. The Labute approximate surface area is 251 Å². The van der Waals surface area contributed by atoms with E-state index in [1.807, 2.05) is 0 Å². The molecule has 0 aromatic heterocycles. The number of hydrogen-bond acceptors (Lipinski definition) is 0. The molecule has 0 spiro atoms. The lowest BCUT2D eigenvalue weighted by Gasteiger charge is -2.24. The zero-order valence-electron chi connectivity index (χ0n) is 29.0. The van der Waals surface area contributed by atoms with Gasteiger partial charge in [-0.25, -0.2) is 0 Å². The summed E-state index contributed by atoms with van der Waals surface area (Å²) in [5, 5.41) is 0. The van der Waals surface area contributed by atoms with Gasteiger partial charge < -0.3 is 0 Å². The van der Waals surface area contributed by atoms with Crippen LogP contribution in [-0.4, -0.2) is 0 Å². The zero-order valence-corrected chi connectivity index (χ0v) is 29.0. The predicted octanol–water partition coefficient (Wildman–Crippen LogP) is 14.9. The third-order valence-corrected chi connectivity index (χ3v) is 10.4. The highest BCUT2D eigenvalue weighted by Crippen LogP contribution is 2.30. The summed E-state index contributed by atoms with van der Waals surface area (Å²) in [5.41, 5.74) is 0.570. The van der Waals surface area contributed by atoms with Crippen molar-refractivity contribution in [1.29, 1.82) is 0 Å². The Bertz CT molecular complexity index is 463. The van der Waals surface area contributed by atoms with Crippen LogP contribution in [0.1, 0.15) is 228 Å². The second-order valence-electron chi connectivity index (χ2n) is 14.9. The molecule has 0 N–H and O–H groups in total. The average Bonchev–Trinajstić information content (AvgIpc) is 2.92. The summed E-state index contributed by atoms with van der Waals surface area (Å²) in [5.74, 6) is 2.78. The molecule has 0 saturated heterocycles. The van der Waals surface area contributed by atoms with Gasteiger partial charge in [0.05, 0.1) is 0 Å². The van der Waals surface area contributed by atoms with Crippen molar-refractivity contribution in [3.05, 3.63) is 0 Å². The molecule has 0 rings (SSSR count). The molecule has 0 saturated carbocycles. The highest BCUT2D eigenvalue weighted by molar-refractivity contribution is 4.69. The predicted molar refractivity (Wildman–Crippen MR) is 182 cm³/mol. The van der Waals surface area contributed by atoms with Crippen molar-refractivity contribution in [3.63, 3.8) is 0 Å². The molecule has 0 heteroatoms. The maximum Gasteiger partial charge on any atom is -0.0354 e. The molecule has 0 aromatic rings. The van der Waals surface area contributed by atoms with Gasteiger partial charge in [-0.1, -0.05) is 215 Å². The summed E-state index contributed by atoms with van der Waals surface area (Å²) in [6.45, 7) is 17.0. The fourth-order valence-electron chi connectivity index (χ4n) is 6.36. The Morgan fingerprint density at radius 3 is 1.00 bits per heavy atom. The van der Waals surface area contributed by atoms with Gasteiger partial charge in [-0.2, -0.15) is 0 Å². The third kappa shape index (κ3) is 27.9. The minimum Gasteiger partial charge on any atom is -0.0651 e. The van der Waals surface area contributed by atoms with Gasteiger partial charge in [-0.15, -0.1) is 0 Å². The van der Waals surface area contributed by atoms with E-state index < -0.39 is 0 Å². The second-order valence-corrected chi connectivity index (χ2v) is 14.9. The molecule has 0 heterocycles. The van der Waals surface area contributed by atoms with Gasteiger partial charge in [0.25, 0.3) is 0 Å². The highest BCUT2D eigenvalue weighted by Gasteiger charge is 2.16. The van der Waals surface area contributed by atoms with Crippen LogP contribution >= 0.6 is 0 Å². The lowest BCUT2D eigenvalue weighted by atomic mass is 9.81. The molecule has 0 fully saturated rings. The van der Waals surface area contributed by atoms with Gasteiger partial charge in [-0.3, -0.25) is 0 Å². The van der Waals surface area contributed by atoms with Crippen LogP contribution < -0.4 is 0 Å². The van der Waals surface area contributed by atoms with E-state index >= 15 is 0 Å². The summed E-state index contributed by atoms with van der Waals surface area (Å²) < 4.78 is 0. The topological polar surface area (TPSA) is 0 Å². The van der Waals surface area contributed by atoms with Gasteiger partial charge in [0.1, 0.15) is 0 Å². The highest BCUT2D eigenvalue weighted by atomic mass is 14.2. The quantitative estimate of drug-likeness (QED) is 0.0755. The van der Waals surface area contributed by atoms with E-state index in [1.165, 1.54) is 180 Å². The average molecular weight is 549 g/mol. The Kier molecular flexibility index (Phi) is 28.1. The van der Waals surface area contributed by atoms with E-state index in [1.54, 1.807) is 0 Å². The van der Waals surface area contributed by atoms with Crippen molar-refractivity contribution in [2.45, 2.75) is 228 Å². The van der Waals surface area contributed by atoms with Crippen molar-refractivity contribution in [2.75, 3.05) is 0 Å². The summed E-state index contributed by atoms with van der Waals surface area (Å²) in [4.78, 5) is 0. The summed E-state index contributed by atoms with van der Waals surface area (Å²) >= 11 is 0. The molecular weight excluding hydrogens is 468 g/mol. The van der Waals surface area contributed by atoms with Gasteiger partial charge in [-0.05, 0) is 36.0 Å². The molecule has 0 aliphatic rings. The Morgan fingerprint density at radius 1 is 0.359 bits per heavy atom. The first-order valence-corrected chi connectivity index (χ1v) is 18.8. The third-order valence-electron chi connectivity index (χ3n) is 10.4. The molecule has 236 valence electrons. The fourth-order valence-corrected chi connectivity index (χ4v) is 6.36. The SMILES string of the molecule is CCC(C)CCCCCCCCCCCCCCC(C)(C)CCCCCCCCCCCCC(C)C(C)CC. The van der Waals surface area contributed by atoms with Crippen LogP contribution in [0.3, 0.4) is 0 Å². The van der Waals surface area contributed by atoms with Crippen LogP contribution in [0.2, 0.25) is 0 Å². The summed E-state index contributed by atoms with van der Waals surface area (Å²) in [6, 6.07) is 0. The van der Waals surface area contributed by atoms with E-state index in [2.05, 4.69) is 48.5 Å². The minimum atomic E-state index is 0.570. The van der Waals surface area contributed by atoms with Crippen LogP contribution in [-0.2, 0) is 0 Å².